The molecule has 5 nitrogen and oxygen atoms in total. The van der Waals surface area contributed by atoms with Crippen LogP contribution in [0.15, 0.2) is 46.3 Å². The van der Waals surface area contributed by atoms with Crippen molar-refractivity contribution in [2.24, 2.45) is 4.99 Å². The van der Waals surface area contributed by atoms with Gasteiger partial charge in [-0.05, 0) is 54.6 Å². The van der Waals surface area contributed by atoms with E-state index >= 15 is 0 Å². The first-order valence-electron chi connectivity index (χ1n) is 9.79. The lowest BCUT2D eigenvalue weighted by Crippen LogP contribution is -2.16. The van der Waals surface area contributed by atoms with Crippen LogP contribution in [0.3, 0.4) is 0 Å². The summed E-state index contributed by atoms with van der Waals surface area (Å²) in [7, 11) is 1.62. The number of halogens is 6. The van der Waals surface area contributed by atoms with Crippen molar-refractivity contribution in [2.45, 2.75) is 25.9 Å². The average Bonchev–Trinajstić information content (AvgIpc) is 3.11. The smallest absolute Gasteiger partial charge is 0.416 e. The van der Waals surface area contributed by atoms with Crippen LogP contribution in [0.2, 0.25) is 0 Å². The van der Waals surface area contributed by atoms with Crippen molar-refractivity contribution >= 4 is 28.9 Å². The third-order valence-electron chi connectivity index (χ3n) is 4.56. The summed E-state index contributed by atoms with van der Waals surface area (Å²) in [6.45, 7) is 1.29. The van der Waals surface area contributed by atoms with E-state index < -0.39 is 35.6 Å². The highest BCUT2D eigenvalue weighted by Crippen LogP contribution is 2.38. The number of nitrogens with zero attached hydrogens (tertiary/aromatic N) is 1. The van der Waals surface area contributed by atoms with Gasteiger partial charge < -0.3 is 14.8 Å². The number of nitrogens with one attached hydrogen (secondary N) is 1. The number of aliphatic imine (C=N–C) groups is 1. The average molecular weight is 504 g/mol. The van der Waals surface area contributed by atoms with E-state index in [1.165, 1.54) is 6.07 Å². The topological polar surface area (TPSA) is 59.9 Å². The lowest BCUT2D eigenvalue weighted by molar-refractivity contribution is -0.143. The number of ether oxygens (including phenoxy) is 2. The summed E-state index contributed by atoms with van der Waals surface area (Å²) in [6, 6.07) is 6.02. The molecule has 0 spiro atoms. The van der Waals surface area contributed by atoms with E-state index in [4.69, 9.17) is 9.47 Å². The normalized spacial score (nSPS) is 15.5. The van der Waals surface area contributed by atoms with E-state index in [-0.39, 0.29) is 29.4 Å². The number of amidine groups is 1. The Bertz CT molecular complexity index is 1140. The van der Waals surface area contributed by atoms with Crippen LogP contribution in [-0.2, 0) is 19.0 Å². The highest BCUT2D eigenvalue weighted by Gasteiger charge is 2.38. The second-order valence-electron chi connectivity index (χ2n) is 6.88. The Kier molecular flexibility index (Phi) is 7.49. The van der Waals surface area contributed by atoms with Gasteiger partial charge in [0, 0.05) is 12.6 Å². The van der Waals surface area contributed by atoms with Gasteiger partial charge in [0.1, 0.15) is 12.4 Å². The van der Waals surface area contributed by atoms with Crippen LogP contribution < -0.4 is 14.8 Å². The SMILES string of the molecule is CCOc1cc(C=C2SC(=O)N=C2NC)ccc1OCc1ccc(C(F)(F)F)cc1C(F)(F)F. The molecular formula is C22H18F6N2O3S. The first-order valence-corrected chi connectivity index (χ1v) is 10.6. The van der Waals surface area contributed by atoms with Crippen LogP contribution >= 0.6 is 11.8 Å². The number of amides is 1. The number of hydrogen-bond donors (Lipinski definition) is 1. The van der Waals surface area contributed by atoms with Gasteiger partial charge in [-0.1, -0.05) is 12.1 Å². The number of thioether (sulfide) groups is 1. The Hall–Kier alpha value is -3.15. The maximum Gasteiger partial charge on any atom is 0.416 e. The lowest BCUT2D eigenvalue weighted by Gasteiger charge is -2.17. The zero-order chi connectivity index (χ0) is 25.1. The fourth-order valence-corrected chi connectivity index (χ4v) is 3.80. The Morgan fingerprint density at radius 2 is 1.74 bits per heavy atom. The fraction of sp³-hybridized carbons (Fsp3) is 0.273. The molecule has 0 unspecified atom stereocenters. The second-order valence-corrected chi connectivity index (χ2v) is 7.88. The number of carbonyl (C=O) groups excluding carboxylic acids is 1. The minimum Gasteiger partial charge on any atom is -0.490 e. The molecule has 182 valence electrons. The molecular weight excluding hydrogens is 486 g/mol. The minimum atomic E-state index is -5.00. The summed E-state index contributed by atoms with van der Waals surface area (Å²) in [5.41, 5.74) is -2.67. The molecule has 1 heterocycles. The standard InChI is InChI=1S/C22H18F6N2O3S/c1-3-32-17-8-12(9-18-19(29-2)30-20(31)34-18)4-7-16(17)33-11-13-5-6-14(21(23,24)25)10-15(13)22(26,27)28/h4-10H,3,11H2,1-2H3,(H,29,30,31). The first kappa shape index (κ1) is 25.5. The van der Waals surface area contributed by atoms with Gasteiger partial charge >= 0.3 is 17.6 Å². The van der Waals surface area contributed by atoms with Crippen molar-refractivity contribution < 1.29 is 40.6 Å². The van der Waals surface area contributed by atoms with Gasteiger partial charge in [0.05, 0.1) is 22.6 Å². The summed E-state index contributed by atoms with van der Waals surface area (Å²) < 4.78 is 89.8. The zero-order valence-electron chi connectivity index (χ0n) is 17.8. The molecule has 0 aliphatic carbocycles. The van der Waals surface area contributed by atoms with E-state index in [9.17, 15) is 31.1 Å². The van der Waals surface area contributed by atoms with Crippen LogP contribution in [0.25, 0.3) is 6.08 Å². The molecule has 12 heteroatoms. The van der Waals surface area contributed by atoms with Crippen molar-refractivity contribution in [2.75, 3.05) is 13.7 Å². The van der Waals surface area contributed by atoms with Crippen molar-refractivity contribution in [3.63, 3.8) is 0 Å². The summed E-state index contributed by atoms with van der Waals surface area (Å²) in [6.07, 6.45) is -8.23. The Labute approximate surface area is 194 Å². The molecule has 0 saturated heterocycles. The largest absolute Gasteiger partial charge is 0.490 e. The predicted molar refractivity (Wildman–Crippen MR) is 116 cm³/mol. The summed E-state index contributed by atoms with van der Waals surface area (Å²) in [4.78, 5) is 15.9. The van der Waals surface area contributed by atoms with Crippen LogP contribution in [-0.4, -0.2) is 24.7 Å². The van der Waals surface area contributed by atoms with Gasteiger partial charge in [0.15, 0.2) is 11.5 Å². The number of carbonyl (C=O) groups is 1. The molecule has 1 aliphatic rings. The van der Waals surface area contributed by atoms with Crippen molar-refractivity contribution in [3.8, 4) is 11.5 Å². The lowest BCUT2D eigenvalue weighted by atomic mass is 10.0. The molecule has 0 radical (unpaired) electrons. The Morgan fingerprint density at radius 1 is 1.00 bits per heavy atom. The number of alkyl halides is 6. The molecule has 2 aromatic rings. The zero-order valence-corrected chi connectivity index (χ0v) is 18.6. The Balaban J connectivity index is 1.88. The van der Waals surface area contributed by atoms with Crippen LogP contribution in [0, 0.1) is 0 Å². The first-order chi connectivity index (χ1) is 15.9. The van der Waals surface area contributed by atoms with Gasteiger partial charge in [-0.15, -0.1) is 0 Å². The van der Waals surface area contributed by atoms with Gasteiger partial charge in [-0.3, -0.25) is 4.79 Å². The molecule has 2 aromatic carbocycles. The summed E-state index contributed by atoms with van der Waals surface area (Å²) >= 11 is 0.928. The fourth-order valence-electron chi connectivity index (χ4n) is 3.04. The van der Waals surface area contributed by atoms with Crippen LogP contribution in [0.4, 0.5) is 31.1 Å². The maximum atomic E-state index is 13.4. The quantitative estimate of drug-likeness (QED) is 0.454. The van der Waals surface area contributed by atoms with Crippen molar-refractivity contribution in [1.82, 2.24) is 5.32 Å². The van der Waals surface area contributed by atoms with Gasteiger partial charge in [-0.25, -0.2) is 0 Å². The van der Waals surface area contributed by atoms with Gasteiger partial charge in [0.25, 0.3) is 0 Å². The molecule has 0 bridgehead atoms. The molecule has 0 saturated carbocycles. The van der Waals surface area contributed by atoms with E-state index in [1.54, 1.807) is 32.2 Å². The minimum absolute atomic E-state index is 0.0683. The molecule has 1 aliphatic heterocycles. The van der Waals surface area contributed by atoms with E-state index in [1.807, 2.05) is 0 Å². The molecule has 1 N–H and O–H groups in total. The molecule has 1 amide bonds. The highest BCUT2D eigenvalue weighted by atomic mass is 32.2. The number of benzene rings is 2. The monoisotopic (exact) mass is 504 g/mol. The van der Waals surface area contributed by atoms with Crippen molar-refractivity contribution in [3.05, 3.63) is 63.6 Å². The van der Waals surface area contributed by atoms with Crippen LogP contribution in [0.1, 0.15) is 29.2 Å². The number of rotatable bonds is 6. The summed E-state index contributed by atoms with van der Waals surface area (Å²) in [5, 5.41) is 2.43. The highest BCUT2D eigenvalue weighted by molar-refractivity contribution is 8.18. The maximum absolute atomic E-state index is 13.4. The predicted octanol–water partition coefficient (Wildman–Crippen LogP) is 6.53. The summed E-state index contributed by atoms with van der Waals surface area (Å²) in [5.74, 6) is 0.722. The third-order valence-corrected chi connectivity index (χ3v) is 5.36. The second kappa shape index (κ2) is 10.00. The Morgan fingerprint density at radius 3 is 2.35 bits per heavy atom. The van der Waals surface area contributed by atoms with E-state index in [2.05, 4.69) is 10.3 Å². The molecule has 0 atom stereocenters. The van der Waals surface area contributed by atoms with E-state index in [0.717, 1.165) is 17.8 Å². The van der Waals surface area contributed by atoms with Crippen molar-refractivity contribution in [1.29, 1.82) is 0 Å². The molecule has 0 fully saturated rings. The number of hydrogen-bond acceptors (Lipinski definition) is 5. The van der Waals surface area contributed by atoms with Gasteiger partial charge in [-0.2, -0.15) is 31.3 Å². The number of likely N-dealkylation sites (N-methyl/N-ethyl adjacent to an activating group) is 1. The van der Waals surface area contributed by atoms with Gasteiger partial charge in [0.2, 0.25) is 0 Å². The molecule has 3 rings (SSSR count). The molecule has 34 heavy (non-hydrogen) atoms. The third kappa shape index (κ3) is 6.04. The van der Waals surface area contributed by atoms with Crippen LogP contribution in [0.5, 0.6) is 11.5 Å². The molecule has 0 aromatic heterocycles. The van der Waals surface area contributed by atoms with E-state index in [0.29, 0.717) is 22.4 Å².